The topological polar surface area (TPSA) is 82.1 Å². The number of carbonyl (C=O) groups excluding carboxylic acids is 2. The summed E-state index contributed by atoms with van der Waals surface area (Å²) in [6.45, 7) is 11.0. The molecule has 2 aliphatic heterocycles. The molecule has 0 aliphatic carbocycles. The van der Waals surface area contributed by atoms with Crippen LogP contribution >= 0.6 is 0 Å². The van der Waals surface area contributed by atoms with Gasteiger partial charge in [0.25, 0.3) is 5.91 Å². The van der Waals surface area contributed by atoms with Crippen LogP contribution in [0, 0.1) is 6.92 Å². The van der Waals surface area contributed by atoms with Gasteiger partial charge < -0.3 is 25.0 Å². The van der Waals surface area contributed by atoms with Crippen molar-refractivity contribution in [1.82, 2.24) is 15.1 Å². The lowest BCUT2D eigenvalue weighted by atomic mass is 9.90. The first kappa shape index (κ1) is 31.8. The number of nitrogens with one attached hydrogen (secondary N) is 1. The lowest BCUT2D eigenvalue weighted by Gasteiger charge is -2.35. The summed E-state index contributed by atoms with van der Waals surface area (Å²) in [5, 5.41) is 14.0. The van der Waals surface area contributed by atoms with Crippen molar-refractivity contribution in [3.63, 3.8) is 0 Å². The third-order valence-corrected chi connectivity index (χ3v) is 8.22. The van der Waals surface area contributed by atoms with Crippen molar-refractivity contribution in [3.8, 4) is 0 Å². The summed E-state index contributed by atoms with van der Waals surface area (Å²) in [6, 6.07) is 14.6. The highest BCUT2D eigenvalue weighted by atomic mass is 16.5. The minimum Gasteiger partial charge on any atom is -0.391 e. The average molecular weight is 552 g/mol. The number of rotatable bonds is 13. The van der Waals surface area contributed by atoms with Crippen LogP contribution in [0.2, 0.25) is 0 Å². The molecular weight excluding hydrogens is 502 g/mol. The molecule has 4 rings (SSSR count). The van der Waals surface area contributed by atoms with E-state index in [0.717, 1.165) is 49.8 Å². The normalized spacial score (nSPS) is 19.4. The molecule has 7 heteroatoms. The number of carbonyl (C=O) groups is 2. The van der Waals surface area contributed by atoms with Crippen LogP contribution in [0.5, 0.6) is 0 Å². The Labute approximate surface area is 240 Å². The molecule has 2 fully saturated rings. The number of aliphatic hydroxyl groups excluding tert-OH is 1. The van der Waals surface area contributed by atoms with E-state index in [4.69, 9.17) is 4.74 Å². The lowest BCUT2D eigenvalue weighted by Crippen LogP contribution is -2.49. The van der Waals surface area contributed by atoms with Gasteiger partial charge in [0.1, 0.15) is 0 Å². The Kier molecular flexibility index (Phi) is 12.6. The van der Waals surface area contributed by atoms with Crippen molar-refractivity contribution < 1.29 is 19.4 Å². The van der Waals surface area contributed by atoms with E-state index in [0.29, 0.717) is 38.3 Å². The molecule has 2 amide bonds. The van der Waals surface area contributed by atoms with Gasteiger partial charge in [0, 0.05) is 31.1 Å². The number of aliphatic hydroxyl groups is 1. The van der Waals surface area contributed by atoms with Crippen LogP contribution in [-0.2, 0) is 22.5 Å². The highest BCUT2D eigenvalue weighted by Gasteiger charge is 2.40. The SMILES string of the molecule is CC.CCC(CN(C=O)CC(O)CCc1ccccc1CNC)c1cc(C(=O)N2C3CCC2COC3)ccc1C. The second-order valence-electron chi connectivity index (χ2n) is 10.9. The molecule has 2 aromatic carbocycles. The maximum absolute atomic E-state index is 13.5. The van der Waals surface area contributed by atoms with Crippen LogP contribution in [0.25, 0.3) is 0 Å². The molecule has 0 spiro atoms. The van der Waals surface area contributed by atoms with E-state index in [1.807, 2.05) is 56.1 Å². The van der Waals surface area contributed by atoms with Gasteiger partial charge in [0.15, 0.2) is 0 Å². The molecule has 7 nitrogen and oxygen atoms in total. The molecule has 2 aliphatic rings. The van der Waals surface area contributed by atoms with E-state index in [1.165, 1.54) is 11.1 Å². The molecule has 2 bridgehead atoms. The Bertz CT molecular complexity index is 1080. The fraction of sp³-hybridized carbons (Fsp3) is 0.576. The fourth-order valence-electron chi connectivity index (χ4n) is 6.06. The summed E-state index contributed by atoms with van der Waals surface area (Å²) in [4.78, 5) is 29.2. The zero-order valence-corrected chi connectivity index (χ0v) is 25.1. The second kappa shape index (κ2) is 15.9. The van der Waals surface area contributed by atoms with E-state index in [-0.39, 0.29) is 23.9 Å². The van der Waals surface area contributed by atoms with Crippen LogP contribution in [0.4, 0.5) is 0 Å². The first-order valence-corrected chi connectivity index (χ1v) is 15.0. The predicted molar refractivity (Wildman–Crippen MR) is 161 cm³/mol. The molecule has 4 unspecified atom stereocenters. The number of ether oxygens (including phenoxy) is 1. The quantitative estimate of drug-likeness (QED) is 0.353. The first-order chi connectivity index (χ1) is 19.4. The molecule has 2 N–H and O–H groups in total. The van der Waals surface area contributed by atoms with Gasteiger partial charge in [0.05, 0.1) is 31.4 Å². The van der Waals surface area contributed by atoms with E-state index in [1.54, 1.807) is 4.90 Å². The number of benzene rings is 2. The number of hydrogen-bond donors (Lipinski definition) is 2. The monoisotopic (exact) mass is 551 g/mol. The van der Waals surface area contributed by atoms with E-state index in [2.05, 4.69) is 31.3 Å². The average Bonchev–Trinajstić information content (AvgIpc) is 3.23. The first-order valence-electron chi connectivity index (χ1n) is 15.0. The van der Waals surface area contributed by atoms with Gasteiger partial charge in [-0.2, -0.15) is 0 Å². The van der Waals surface area contributed by atoms with Crippen molar-refractivity contribution in [2.75, 3.05) is 33.4 Å². The Hall–Kier alpha value is -2.74. The predicted octanol–water partition coefficient (Wildman–Crippen LogP) is 4.69. The van der Waals surface area contributed by atoms with Crippen molar-refractivity contribution >= 4 is 12.3 Å². The number of amides is 2. The zero-order valence-electron chi connectivity index (χ0n) is 25.1. The molecule has 40 heavy (non-hydrogen) atoms. The smallest absolute Gasteiger partial charge is 0.254 e. The van der Waals surface area contributed by atoms with Gasteiger partial charge in [-0.15, -0.1) is 0 Å². The number of fused-ring (bicyclic) bond motifs is 2. The number of morpholine rings is 1. The summed E-state index contributed by atoms with van der Waals surface area (Å²) >= 11 is 0. The number of nitrogens with zero attached hydrogens (tertiary/aromatic N) is 2. The van der Waals surface area contributed by atoms with Crippen molar-refractivity contribution in [2.24, 2.45) is 0 Å². The van der Waals surface area contributed by atoms with Crippen LogP contribution < -0.4 is 5.32 Å². The minimum atomic E-state index is -0.605. The van der Waals surface area contributed by atoms with Gasteiger partial charge in [-0.05, 0) is 80.5 Å². The molecule has 0 saturated carbocycles. The van der Waals surface area contributed by atoms with Gasteiger partial charge in [-0.3, -0.25) is 9.59 Å². The largest absolute Gasteiger partial charge is 0.391 e. The maximum Gasteiger partial charge on any atom is 0.254 e. The van der Waals surface area contributed by atoms with Crippen LogP contribution in [0.3, 0.4) is 0 Å². The molecule has 2 aromatic rings. The third-order valence-electron chi connectivity index (χ3n) is 8.22. The van der Waals surface area contributed by atoms with Crippen molar-refractivity contribution in [3.05, 3.63) is 70.3 Å². The van der Waals surface area contributed by atoms with E-state index in [9.17, 15) is 14.7 Å². The Morgan fingerprint density at radius 3 is 2.42 bits per heavy atom. The van der Waals surface area contributed by atoms with Crippen LogP contribution in [0.15, 0.2) is 42.5 Å². The molecule has 2 heterocycles. The number of hydrogen-bond acceptors (Lipinski definition) is 5. The molecule has 2 saturated heterocycles. The lowest BCUT2D eigenvalue weighted by molar-refractivity contribution is -0.119. The van der Waals surface area contributed by atoms with Gasteiger partial charge >= 0.3 is 0 Å². The Morgan fingerprint density at radius 1 is 1.12 bits per heavy atom. The zero-order chi connectivity index (χ0) is 29.1. The molecule has 0 radical (unpaired) electrons. The van der Waals surface area contributed by atoms with Crippen LogP contribution in [-0.4, -0.2) is 78.8 Å². The summed E-state index contributed by atoms with van der Waals surface area (Å²) in [5.74, 6) is 0.163. The highest BCUT2D eigenvalue weighted by Crippen LogP contribution is 2.32. The highest BCUT2D eigenvalue weighted by molar-refractivity contribution is 5.95. The Morgan fingerprint density at radius 2 is 1.80 bits per heavy atom. The second-order valence-corrected chi connectivity index (χ2v) is 10.9. The van der Waals surface area contributed by atoms with Crippen molar-refractivity contribution in [2.45, 2.75) is 90.4 Å². The Balaban J connectivity index is 0.00000216. The standard InChI is InChI=1S/C31H43N3O4.C2H6/c1-4-23(17-33(21-35)18-29(36)14-11-24-7-5-6-8-26(24)16-32-3)30-15-25(10-9-22(30)2)31(37)34-27-12-13-28(34)20-38-19-27;1-2/h5-10,15,21,23,27-29,32,36H,4,11-14,16-20H2,1-3H3;1-2H3. The summed E-state index contributed by atoms with van der Waals surface area (Å²) in [6.07, 6.45) is 4.43. The van der Waals surface area contributed by atoms with Gasteiger partial charge in [0.2, 0.25) is 6.41 Å². The maximum atomic E-state index is 13.5. The van der Waals surface area contributed by atoms with Crippen LogP contribution in [0.1, 0.15) is 85.0 Å². The minimum absolute atomic E-state index is 0.0814. The number of aryl methyl sites for hydroxylation is 2. The molecule has 220 valence electrons. The third kappa shape index (κ3) is 7.93. The van der Waals surface area contributed by atoms with Crippen molar-refractivity contribution in [1.29, 1.82) is 0 Å². The van der Waals surface area contributed by atoms with E-state index < -0.39 is 6.10 Å². The fourth-order valence-corrected chi connectivity index (χ4v) is 6.06. The molecule has 4 atom stereocenters. The van der Waals surface area contributed by atoms with Gasteiger partial charge in [-0.25, -0.2) is 0 Å². The molecule has 0 aromatic heterocycles. The van der Waals surface area contributed by atoms with Gasteiger partial charge in [-0.1, -0.05) is 51.1 Å². The molecular formula is C33H49N3O4. The summed E-state index contributed by atoms with van der Waals surface area (Å²) in [5.41, 5.74) is 5.37. The van der Waals surface area contributed by atoms with E-state index >= 15 is 0 Å². The summed E-state index contributed by atoms with van der Waals surface area (Å²) in [7, 11) is 1.93. The summed E-state index contributed by atoms with van der Waals surface area (Å²) < 4.78 is 5.66.